The van der Waals surface area contributed by atoms with Gasteiger partial charge in [0.15, 0.2) is 0 Å². The van der Waals surface area contributed by atoms with E-state index in [9.17, 15) is 0 Å². The normalized spacial score (nSPS) is 10.8. The molecule has 104 valence electrons. The molecule has 0 aliphatic heterocycles. The van der Waals surface area contributed by atoms with E-state index >= 15 is 0 Å². The molecule has 0 spiro atoms. The first-order valence-electron chi connectivity index (χ1n) is 6.38. The molecule has 1 heterocycles. The standard InChI is InChI=1S/C16H11Cl2N3/c1-10-2-4-13-15(6-10)21(16(8-17)20-13)14-5-3-11(9-19)7-12(14)18/h2-7H,8H2,1H3. The van der Waals surface area contributed by atoms with Crippen LogP contribution in [0.3, 0.4) is 0 Å². The summed E-state index contributed by atoms with van der Waals surface area (Å²) < 4.78 is 1.94. The lowest BCUT2D eigenvalue weighted by Crippen LogP contribution is -2.00. The summed E-state index contributed by atoms with van der Waals surface area (Å²) in [5.74, 6) is 1.01. The number of aromatic nitrogens is 2. The van der Waals surface area contributed by atoms with Crippen molar-refractivity contribution in [1.82, 2.24) is 9.55 Å². The second kappa shape index (κ2) is 5.40. The lowest BCUT2D eigenvalue weighted by Gasteiger charge is -2.10. The molecule has 3 nitrogen and oxygen atoms in total. The molecule has 0 unspecified atom stereocenters. The van der Waals surface area contributed by atoms with Gasteiger partial charge in [-0.25, -0.2) is 4.98 Å². The Balaban J connectivity index is 2.33. The fraction of sp³-hybridized carbons (Fsp3) is 0.125. The Labute approximate surface area is 132 Å². The first-order valence-corrected chi connectivity index (χ1v) is 7.29. The predicted molar refractivity (Wildman–Crippen MR) is 85.1 cm³/mol. The van der Waals surface area contributed by atoms with Crippen LogP contribution < -0.4 is 0 Å². The number of rotatable bonds is 2. The lowest BCUT2D eigenvalue weighted by molar-refractivity contribution is 0.981. The Hall–Kier alpha value is -2.02. The van der Waals surface area contributed by atoms with Crippen molar-refractivity contribution in [2.45, 2.75) is 12.8 Å². The topological polar surface area (TPSA) is 41.6 Å². The summed E-state index contributed by atoms with van der Waals surface area (Å²) in [6.45, 7) is 2.03. The molecular formula is C16H11Cl2N3. The molecule has 2 aromatic carbocycles. The van der Waals surface area contributed by atoms with Crippen LogP contribution in [-0.2, 0) is 5.88 Å². The molecule has 0 saturated heterocycles. The van der Waals surface area contributed by atoms with Crippen molar-refractivity contribution < 1.29 is 0 Å². The monoisotopic (exact) mass is 315 g/mol. The van der Waals surface area contributed by atoms with Crippen molar-refractivity contribution in [2.75, 3.05) is 0 Å². The van der Waals surface area contributed by atoms with Crippen LogP contribution >= 0.6 is 23.2 Å². The van der Waals surface area contributed by atoms with Gasteiger partial charge >= 0.3 is 0 Å². The van der Waals surface area contributed by atoms with E-state index < -0.39 is 0 Å². The van der Waals surface area contributed by atoms with E-state index in [2.05, 4.69) is 11.1 Å². The molecule has 5 heteroatoms. The van der Waals surface area contributed by atoms with E-state index in [0.717, 1.165) is 28.1 Å². The Morgan fingerprint density at radius 3 is 2.71 bits per heavy atom. The highest BCUT2D eigenvalue weighted by molar-refractivity contribution is 6.32. The van der Waals surface area contributed by atoms with Crippen LogP contribution in [0.2, 0.25) is 5.02 Å². The summed E-state index contributed by atoms with van der Waals surface area (Å²) in [4.78, 5) is 4.54. The van der Waals surface area contributed by atoms with Crippen LogP contribution in [0, 0.1) is 18.3 Å². The fourth-order valence-corrected chi connectivity index (χ4v) is 2.80. The van der Waals surface area contributed by atoms with Gasteiger partial charge in [-0.05, 0) is 42.8 Å². The van der Waals surface area contributed by atoms with Gasteiger partial charge in [0.2, 0.25) is 0 Å². The number of halogens is 2. The first-order chi connectivity index (χ1) is 10.1. The average molecular weight is 316 g/mol. The SMILES string of the molecule is Cc1ccc2nc(CCl)n(-c3ccc(C#N)cc3Cl)c2c1. The average Bonchev–Trinajstić information content (AvgIpc) is 2.84. The number of hydrogen-bond donors (Lipinski definition) is 0. The zero-order chi connectivity index (χ0) is 15.0. The van der Waals surface area contributed by atoms with Crippen LogP contribution in [0.15, 0.2) is 36.4 Å². The Kier molecular flexibility index (Phi) is 3.59. The largest absolute Gasteiger partial charge is 0.294 e. The third kappa shape index (κ3) is 2.37. The maximum Gasteiger partial charge on any atom is 0.129 e. The number of imidazole rings is 1. The zero-order valence-corrected chi connectivity index (χ0v) is 12.8. The molecule has 3 aromatic rings. The number of nitrogens with zero attached hydrogens (tertiary/aromatic N) is 3. The number of benzene rings is 2. The third-order valence-corrected chi connectivity index (χ3v) is 3.86. The second-order valence-corrected chi connectivity index (χ2v) is 5.44. The van der Waals surface area contributed by atoms with Crippen LogP contribution in [0.1, 0.15) is 17.0 Å². The van der Waals surface area contributed by atoms with E-state index in [1.807, 2.05) is 35.8 Å². The molecular weight excluding hydrogens is 305 g/mol. The molecule has 3 rings (SSSR count). The number of alkyl halides is 1. The van der Waals surface area contributed by atoms with Crippen molar-refractivity contribution >= 4 is 34.2 Å². The Morgan fingerprint density at radius 1 is 1.24 bits per heavy atom. The maximum atomic E-state index is 8.94. The second-order valence-electron chi connectivity index (χ2n) is 4.77. The van der Waals surface area contributed by atoms with Crippen molar-refractivity contribution in [3.63, 3.8) is 0 Å². The highest BCUT2D eigenvalue weighted by atomic mass is 35.5. The van der Waals surface area contributed by atoms with E-state index in [1.54, 1.807) is 12.1 Å². The van der Waals surface area contributed by atoms with Crippen molar-refractivity contribution in [1.29, 1.82) is 5.26 Å². The van der Waals surface area contributed by atoms with Gasteiger partial charge in [-0.2, -0.15) is 5.26 Å². The third-order valence-electron chi connectivity index (χ3n) is 3.32. The number of nitriles is 1. The Morgan fingerprint density at radius 2 is 2.05 bits per heavy atom. The molecule has 0 saturated carbocycles. The summed E-state index contributed by atoms with van der Waals surface area (Å²) in [5, 5.41) is 9.44. The van der Waals surface area contributed by atoms with Crippen LogP contribution in [0.5, 0.6) is 0 Å². The molecule has 0 aliphatic carbocycles. The summed E-state index contributed by atoms with van der Waals surface area (Å²) in [5.41, 5.74) is 4.26. The smallest absolute Gasteiger partial charge is 0.129 e. The van der Waals surface area contributed by atoms with Gasteiger partial charge < -0.3 is 0 Å². The highest BCUT2D eigenvalue weighted by Crippen LogP contribution is 2.29. The summed E-state index contributed by atoms with van der Waals surface area (Å²) in [6, 6.07) is 13.3. The number of hydrogen-bond acceptors (Lipinski definition) is 2. The summed E-state index contributed by atoms with van der Waals surface area (Å²) >= 11 is 12.4. The summed E-state index contributed by atoms with van der Waals surface area (Å²) in [7, 11) is 0. The van der Waals surface area contributed by atoms with Gasteiger partial charge in [0.1, 0.15) is 5.82 Å². The minimum absolute atomic E-state index is 0.282. The molecule has 0 aliphatic rings. The van der Waals surface area contributed by atoms with E-state index in [-0.39, 0.29) is 5.88 Å². The molecule has 0 N–H and O–H groups in total. The van der Waals surface area contributed by atoms with Crippen LogP contribution in [0.4, 0.5) is 0 Å². The molecule has 0 bridgehead atoms. The van der Waals surface area contributed by atoms with E-state index in [1.165, 1.54) is 0 Å². The van der Waals surface area contributed by atoms with Gasteiger partial charge in [0, 0.05) is 0 Å². The van der Waals surface area contributed by atoms with Gasteiger partial charge in [-0.1, -0.05) is 17.7 Å². The van der Waals surface area contributed by atoms with Gasteiger partial charge in [-0.15, -0.1) is 11.6 Å². The van der Waals surface area contributed by atoms with Crippen molar-refractivity contribution in [2.24, 2.45) is 0 Å². The highest BCUT2D eigenvalue weighted by Gasteiger charge is 2.14. The van der Waals surface area contributed by atoms with Crippen LogP contribution in [0.25, 0.3) is 16.7 Å². The number of fused-ring (bicyclic) bond motifs is 1. The van der Waals surface area contributed by atoms with Crippen molar-refractivity contribution in [3.8, 4) is 11.8 Å². The number of aryl methyl sites for hydroxylation is 1. The van der Waals surface area contributed by atoms with Gasteiger partial charge in [-0.3, -0.25) is 4.57 Å². The molecule has 0 radical (unpaired) electrons. The van der Waals surface area contributed by atoms with Gasteiger partial charge in [0.05, 0.1) is 39.3 Å². The quantitative estimate of drug-likeness (QED) is 0.648. The zero-order valence-electron chi connectivity index (χ0n) is 11.3. The van der Waals surface area contributed by atoms with Crippen molar-refractivity contribution in [3.05, 3.63) is 58.4 Å². The first kappa shape index (κ1) is 13.9. The van der Waals surface area contributed by atoms with Crippen LogP contribution in [-0.4, -0.2) is 9.55 Å². The van der Waals surface area contributed by atoms with E-state index in [4.69, 9.17) is 28.5 Å². The van der Waals surface area contributed by atoms with E-state index in [0.29, 0.717) is 10.6 Å². The minimum atomic E-state index is 0.282. The molecule has 0 amide bonds. The molecule has 0 atom stereocenters. The minimum Gasteiger partial charge on any atom is -0.294 e. The maximum absolute atomic E-state index is 8.94. The predicted octanol–water partition coefficient (Wildman–Crippen LogP) is 4.60. The summed E-state index contributed by atoms with van der Waals surface area (Å²) in [6.07, 6.45) is 0. The molecule has 0 fully saturated rings. The molecule has 21 heavy (non-hydrogen) atoms. The fourth-order valence-electron chi connectivity index (χ4n) is 2.35. The lowest BCUT2D eigenvalue weighted by atomic mass is 10.2. The van der Waals surface area contributed by atoms with Gasteiger partial charge in [0.25, 0.3) is 0 Å². The Bertz CT molecular complexity index is 875. The molecule has 1 aromatic heterocycles.